The van der Waals surface area contributed by atoms with Crippen LogP contribution >= 0.6 is 11.8 Å². The van der Waals surface area contributed by atoms with E-state index in [1.54, 1.807) is 0 Å². The van der Waals surface area contributed by atoms with Crippen LogP contribution in [0.25, 0.3) is 0 Å². The summed E-state index contributed by atoms with van der Waals surface area (Å²) in [6.45, 7) is 1.22. The van der Waals surface area contributed by atoms with Gasteiger partial charge in [-0.05, 0) is 61.1 Å². The van der Waals surface area contributed by atoms with Gasteiger partial charge >= 0.3 is 0 Å². The molecule has 0 spiro atoms. The minimum atomic E-state index is 0.584. The predicted molar refractivity (Wildman–Crippen MR) is 93.8 cm³/mol. The van der Waals surface area contributed by atoms with Gasteiger partial charge in [-0.25, -0.2) is 0 Å². The Balaban J connectivity index is 1.63. The van der Waals surface area contributed by atoms with E-state index in [1.165, 1.54) is 68.6 Å². The summed E-state index contributed by atoms with van der Waals surface area (Å²) in [6, 6.07) is 11.8. The van der Waals surface area contributed by atoms with Crippen LogP contribution in [0.15, 0.2) is 30.3 Å². The zero-order valence-electron chi connectivity index (χ0n) is 13.1. The average molecular weight is 304 g/mol. The van der Waals surface area contributed by atoms with Crippen molar-refractivity contribution in [3.05, 3.63) is 35.9 Å². The fraction of sp³-hybridized carbons (Fsp3) is 0.684. The summed E-state index contributed by atoms with van der Waals surface area (Å²) in [5.74, 6) is 4.48. The minimum Gasteiger partial charge on any atom is -0.309 e. The van der Waals surface area contributed by atoms with E-state index in [2.05, 4.69) is 47.4 Å². The van der Waals surface area contributed by atoms with Gasteiger partial charge in [-0.2, -0.15) is 11.8 Å². The van der Waals surface area contributed by atoms with Gasteiger partial charge < -0.3 is 5.32 Å². The third-order valence-electron chi connectivity index (χ3n) is 5.25. The quantitative estimate of drug-likeness (QED) is 0.817. The Morgan fingerprint density at radius 3 is 2.38 bits per heavy atom. The highest BCUT2D eigenvalue weighted by Gasteiger charge is 2.25. The van der Waals surface area contributed by atoms with E-state index in [4.69, 9.17) is 0 Å². The first-order valence-corrected chi connectivity index (χ1v) is 9.95. The first kappa shape index (κ1) is 15.4. The summed E-state index contributed by atoms with van der Waals surface area (Å²) in [6.07, 6.45) is 9.93. The van der Waals surface area contributed by atoms with Crippen LogP contribution in [0.4, 0.5) is 0 Å². The van der Waals surface area contributed by atoms with E-state index in [9.17, 15) is 0 Å². The van der Waals surface area contributed by atoms with Gasteiger partial charge in [0, 0.05) is 6.04 Å². The maximum atomic E-state index is 3.97. The van der Waals surface area contributed by atoms with E-state index >= 15 is 0 Å². The second-order valence-electron chi connectivity index (χ2n) is 6.75. The molecule has 1 nitrogen and oxygen atoms in total. The molecule has 1 atom stereocenters. The van der Waals surface area contributed by atoms with Crippen LogP contribution in [0.2, 0.25) is 0 Å². The van der Waals surface area contributed by atoms with Crippen molar-refractivity contribution in [2.75, 3.05) is 18.1 Å². The van der Waals surface area contributed by atoms with E-state index in [-0.39, 0.29) is 0 Å². The SMILES string of the molecule is c1ccc(C(NCC2CCSCC2)C2CCCCC2)cc1. The summed E-state index contributed by atoms with van der Waals surface area (Å²) in [5, 5.41) is 3.97. The Hall–Kier alpha value is -0.470. The van der Waals surface area contributed by atoms with Crippen molar-refractivity contribution in [2.45, 2.75) is 51.0 Å². The first-order valence-electron chi connectivity index (χ1n) is 8.79. The van der Waals surface area contributed by atoms with E-state index in [0.29, 0.717) is 6.04 Å². The van der Waals surface area contributed by atoms with Crippen molar-refractivity contribution < 1.29 is 0 Å². The minimum absolute atomic E-state index is 0.584. The van der Waals surface area contributed by atoms with Gasteiger partial charge in [0.2, 0.25) is 0 Å². The van der Waals surface area contributed by atoms with E-state index in [1.807, 2.05) is 0 Å². The maximum Gasteiger partial charge on any atom is 0.0348 e. The molecule has 1 aliphatic carbocycles. The molecule has 0 bridgehead atoms. The zero-order valence-corrected chi connectivity index (χ0v) is 13.9. The Kier molecular flexibility index (Phi) is 6.05. The van der Waals surface area contributed by atoms with Crippen LogP contribution in [-0.4, -0.2) is 18.1 Å². The molecule has 21 heavy (non-hydrogen) atoms. The van der Waals surface area contributed by atoms with Crippen LogP contribution in [0, 0.1) is 11.8 Å². The molecule has 1 heterocycles. The smallest absolute Gasteiger partial charge is 0.0348 e. The predicted octanol–water partition coefficient (Wildman–Crippen LogP) is 5.04. The van der Waals surface area contributed by atoms with Gasteiger partial charge in [-0.3, -0.25) is 0 Å². The zero-order chi connectivity index (χ0) is 14.3. The van der Waals surface area contributed by atoms with Crippen molar-refractivity contribution in [3.8, 4) is 0 Å². The molecule has 0 amide bonds. The molecule has 1 aromatic rings. The van der Waals surface area contributed by atoms with E-state index in [0.717, 1.165) is 11.8 Å². The second kappa shape index (κ2) is 8.24. The first-order chi connectivity index (χ1) is 10.4. The Labute approximate surface area is 134 Å². The lowest BCUT2D eigenvalue weighted by molar-refractivity contribution is 0.259. The van der Waals surface area contributed by atoms with Crippen molar-refractivity contribution in [1.29, 1.82) is 0 Å². The molecule has 3 rings (SSSR count). The molecule has 1 aromatic carbocycles. The Morgan fingerprint density at radius 1 is 0.952 bits per heavy atom. The van der Waals surface area contributed by atoms with Crippen molar-refractivity contribution in [3.63, 3.8) is 0 Å². The van der Waals surface area contributed by atoms with Crippen LogP contribution in [0.3, 0.4) is 0 Å². The molecule has 2 heteroatoms. The van der Waals surface area contributed by atoms with Gasteiger partial charge in [-0.1, -0.05) is 49.6 Å². The molecule has 1 unspecified atom stereocenters. The lowest BCUT2D eigenvalue weighted by Gasteiger charge is -2.33. The number of benzene rings is 1. The largest absolute Gasteiger partial charge is 0.309 e. The topological polar surface area (TPSA) is 12.0 Å². The number of hydrogen-bond donors (Lipinski definition) is 1. The van der Waals surface area contributed by atoms with Crippen molar-refractivity contribution in [2.24, 2.45) is 11.8 Å². The third-order valence-corrected chi connectivity index (χ3v) is 6.30. The molecule has 1 saturated carbocycles. The lowest BCUT2D eigenvalue weighted by Crippen LogP contribution is -2.34. The highest BCUT2D eigenvalue weighted by Crippen LogP contribution is 2.35. The van der Waals surface area contributed by atoms with Gasteiger partial charge in [0.1, 0.15) is 0 Å². The summed E-state index contributed by atoms with van der Waals surface area (Å²) in [5.41, 5.74) is 1.51. The van der Waals surface area contributed by atoms with Gasteiger partial charge in [0.15, 0.2) is 0 Å². The standard InChI is InChI=1S/C19H29NS/c1-3-7-17(8-4-1)19(18-9-5-2-6-10-18)20-15-16-11-13-21-14-12-16/h1,3-4,7-8,16,18-20H,2,5-6,9-15H2. The second-order valence-corrected chi connectivity index (χ2v) is 7.98. The van der Waals surface area contributed by atoms with Crippen LogP contribution in [-0.2, 0) is 0 Å². The maximum absolute atomic E-state index is 3.97. The Morgan fingerprint density at radius 2 is 1.67 bits per heavy atom. The summed E-state index contributed by atoms with van der Waals surface area (Å²) in [7, 11) is 0. The highest BCUT2D eigenvalue weighted by atomic mass is 32.2. The molecule has 0 aromatic heterocycles. The van der Waals surface area contributed by atoms with E-state index < -0.39 is 0 Å². The van der Waals surface area contributed by atoms with Gasteiger partial charge in [0.05, 0.1) is 0 Å². The Bertz CT molecular complexity index is 393. The molecule has 1 saturated heterocycles. The number of nitrogens with one attached hydrogen (secondary N) is 1. The lowest BCUT2D eigenvalue weighted by atomic mass is 9.81. The fourth-order valence-electron chi connectivity index (χ4n) is 3.93. The average Bonchev–Trinajstić information content (AvgIpc) is 2.58. The summed E-state index contributed by atoms with van der Waals surface area (Å²) >= 11 is 2.13. The number of hydrogen-bond acceptors (Lipinski definition) is 2. The van der Waals surface area contributed by atoms with Crippen molar-refractivity contribution in [1.82, 2.24) is 5.32 Å². The molecule has 116 valence electrons. The van der Waals surface area contributed by atoms with Crippen molar-refractivity contribution >= 4 is 11.8 Å². The van der Waals surface area contributed by atoms with Gasteiger partial charge in [0.25, 0.3) is 0 Å². The van der Waals surface area contributed by atoms with Crippen LogP contribution < -0.4 is 5.32 Å². The monoisotopic (exact) mass is 303 g/mol. The van der Waals surface area contributed by atoms with Crippen LogP contribution in [0.1, 0.15) is 56.6 Å². The van der Waals surface area contributed by atoms with Gasteiger partial charge in [-0.15, -0.1) is 0 Å². The normalized spacial score (nSPS) is 23.0. The fourth-order valence-corrected chi connectivity index (χ4v) is 5.13. The molecule has 1 aliphatic heterocycles. The summed E-state index contributed by atoms with van der Waals surface area (Å²) in [4.78, 5) is 0. The molecule has 2 fully saturated rings. The molecule has 1 N–H and O–H groups in total. The number of thioether (sulfide) groups is 1. The molecular formula is C19H29NS. The molecule has 0 radical (unpaired) electrons. The highest BCUT2D eigenvalue weighted by molar-refractivity contribution is 7.99. The molecule has 2 aliphatic rings. The summed E-state index contributed by atoms with van der Waals surface area (Å²) < 4.78 is 0. The molecular weight excluding hydrogens is 274 g/mol. The third kappa shape index (κ3) is 4.50. The van der Waals surface area contributed by atoms with Crippen LogP contribution in [0.5, 0.6) is 0 Å². The number of rotatable bonds is 5.